The second kappa shape index (κ2) is 11.1. The van der Waals surface area contributed by atoms with Crippen molar-refractivity contribution in [2.24, 2.45) is 0 Å². The van der Waals surface area contributed by atoms with Gasteiger partial charge in [0.1, 0.15) is 12.3 Å². The maximum absolute atomic E-state index is 6.05. The van der Waals surface area contributed by atoms with E-state index in [1.807, 2.05) is 48.5 Å². The Morgan fingerprint density at radius 3 is 2.07 bits per heavy atom. The molecule has 0 aliphatic heterocycles. The number of ether oxygens (including phenoxy) is 1. The van der Waals surface area contributed by atoms with Gasteiger partial charge in [0.05, 0.1) is 11.9 Å². The Morgan fingerprint density at radius 1 is 0.828 bits per heavy atom. The van der Waals surface area contributed by atoms with E-state index in [0.717, 1.165) is 35.6 Å². The van der Waals surface area contributed by atoms with E-state index in [0.29, 0.717) is 22.5 Å². The van der Waals surface area contributed by atoms with Crippen LogP contribution in [0.4, 0.5) is 0 Å². The van der Waals surface area contributed by atoms with Gasteiger partial charge in [-0.2, -0.15) is 0 Å². The molecule has 0 saturated carbocycles. The molecule has 152 valence electrons. The van der Waals surface area contributed by atoms with Gasteiger partial charge in [0.2, 0.25) is 5.88 Å². The van der Waals surface area contributed by atoms with Crippen LogP contribution < -0.4 is 10.1 Å². The van der Waals surface area contributed by atoms with E-state index < -0.39 is 0 Å². The Morgan fingerprint density at radius 2 is 1.45 bits per heavy atom. The zero-order chi connectivity index (χ0) is 20.5. The molecule has 29 heavy (non-hydrogen) atoms. The van der Waals surface area contributed by atoms with Crippen LogP contribution >= 0.6 is 23.2 Å². The van der Waals surface area contributed by atoms with Gasteiger partial charge >= 0.3 is 0 Å². The van der Waals surface area contributed by atoms with Crippen LogP contribution in [0.25, 0.3) is 22.5 Å². The molecule has 6 heteroatoms. The highest BCUT2D eigenvalue weighted by molar-refractivity contribution is 6.31. The maximum atomic E-state index is 6.05. The molecule has 0 spiro atoms. The fraction of sp³-hybridized carbons (Fsp3) is 0.304. The number of benzene rings is 2. The molecule has 3 aromatic rings. The Kier molecular flexibility index (Phi) is 8.29. The molecule has 1 aromatic heterocycles. The Bertz CT molecular complexity index is 899. The lowest BCUT2D eigenvalue weighted by atomic mass is 10.0. The topological polar surface area (TPSA) is 47.0 Å². The third-order valence-corrected chi connectivity index (χ3v) is 4.98. The first-order chi connectivity index (χ1) is 14.2. The number of rotatable bonds is 10. The monoisotopic (exact) mass is 429 g/mol. The molecule has 0 fully saturated rings. The fourth-order valence-corrected chi connectivity index (χ4v) is 3.18. The van der Waals surface area contributed by atoms with Crippen molar-refractivity contribution >= 4 is 23.2 Å². The number of nitrogens with zero attached hydrogens (tertiary/aromatic N) is 2. The highest BCUT2D eigenvalue weighted by Gasteiger charge is 2.13. The lowest BCUT2D eigenvalue weighted by Gasteiger charge is -2.12. The van der Waals surface area contributed by atoms with E-state index >= 15 is 0 Å². The normalized spacial score (nSPS) is 10.9. The predicted octanol–water partition coefficient (Wildman–Crippen LogP) is 6.28. The number of nitrogens with one attached hydrogen (secondary N) is 1. The zero-order valence-electron chi connectivity index (χ0n) is 16.5. The average Bonchev–Trinajstić information content (AvgIpc) is 2.74. The molecular weight excluding hydrogens is 405 g/mol. The number of hydrogen-bond donors (Lipinski definition) is 1. The SMILES string of the molecule is CCCCCNCCOc1cnc(-c2ccc(Cl)cc2)c(-c2ccc(Cl)cc2)n1. The van der Waals surface area contributed by atoms with Crippen LogP contribution in [-0.4, -0.2) is 29.7 Å². The summed E-state index contributed by atoms with van der Waals surface area (Å²) in [6.07, 6.45) is 5.32. The van der Waals surface area contributed by atoms with Crippen LogP contribution in [0.5, 0.6) is 5.88 Å². The number of halogens is 2. The third-order valence-electron chi connectivity index (χ3n) is 4.47. The minimum absolute atomic E-state index is 0.503. The summed E-state index contributed by atoms with van der Waals surface area (Å²) >= 11 is 12.1. The summed E-state index contributed by atoms with van der Waals surface area (Å²) in [5, 5.41) is 4.74. The Hall–Kier alpha value is -2.14. The summed E-state index contributed by atoms with van der Waals surface area (Å²) < 4.78 is 5.83. The first kappa shape index (κ1) is 21.6. The molecule has 0 radical (unpaired) electrons. The van der Waals surface area contributed by atoms with Crippen molar-refractivity contribution in [3.63, 3.8) is 0 Å². The van der Waals surface area contributed by atoms with Crippen molar-refractivity contribution in [1.82, 2.24) is 15.3 Å². The summed E-state index contributed by atoms with van der Waals surface area (Å²) in [6, 6.07) is 15.1. The second-order valence-corrected chi connectivity index (χ2v) is 7.60. The molecule has 2 aromatic carbocycles. The van der Waals surface area contributed by atoms with Gasteiger partial charge in [-0.15, -0.1) is 0 Å². The lowest BCUT2D eigenvalue weighted by molar-refractivity contribution is 0.301. The molecule has 0 bridgehead atoms. The molecule has 4 nitrogen and oxygen atoms in total. The van der Waals surface area contributed by atoms with Crippen LogP contribution in [0.15, 0.2) is 54.7 Å². The van der Waals surface area contributed by atoms with Crippen molar-refractivity contribution in [3.8, 4) is 28.4 Å². The molecule has 1 heterocycles. The van der Waals surface area contributed by atoms with E-state index in [2.05, 4.69) is 17.2 Å². The van der Waals surface area contributed by atoms with Crippen molar-refractivity contribution in [1.29, 1.82) is 0 Å². The number of unbranched alkanes of at least 4 members (excludes halogenated alkanes) is 2. The lowest BCUT2D eigenvalue weighted by Crippen LogP contribution is -2.22. The quantitative estimate of drug-likeness (QED) is 0.385. The highest BCUT2D eigenvalue weighted by Crippen LogP contribution is 2.31. The van der Waals surface area contributed by atoms with E-state index in [-0.39, 0.29) is 0 Å². The number of aromatic nitrogens is 2. The summed E-state index contributed by atoms with van der Waals surface area (Å²) in [7, 11) is 0. The van der Waals surface area contributed by atoms with Gasteiger partial charge in [0, 0.05) is 27.7 Å². The molecule has 0 unspecified atom stereocenters. The predicted molar refractivity (Wildman–Crippen MR) is 121 cm³/mol. The van der Waals surface area contributed by atoms with Gasteiger partial charge in [-0.3, -0.25) is 0 Å². The van der Waals surface area contributed by atoms with Gasteiger partial charge in [0.15, 0.2) is 0 Å². The largest absolute Gasteiger partial charge is 0.475 e. The Labute approximate surface area is 182 Å². The smallest absolute Gasteiger partial charge is 0.232 e. The first-order valence-corrected chi connectivity index (χ1v) is 10.7. The molecule has 3 rings (SSSR count). The molecule has 1 N–H and O–H groups in total. The number of hydrogen-bond acceptors (Lipinski definition) is 4. The van der Waals surface area contributed by atoms with E-state index in [4.69, 9.17) is 32.9 Å². The highest BCUT2D eigenvalue weighted by atomic mass is 35.5. The molecular formula is C23H25Cl2N3O. The second-order valence-electron chi connectivity index (χ2n) is 6.72. The molecule has 0 atom stereocenters. The summed E-state index contributed by atoms with van der Waals surface area (Å²) in [5.41, 5.74) is 3.39. The summed E-state index contributed by atoms with van der Waals surface area (Å²) in [5.74, 6) is 0.503. The minimum atomic E-state index is 0.503. The van der Waals surface area contributed by atoms with Crippen molar-refractivity contribution in [3.05, 3.63) is 64.8 Å². The Balaban J connectivity index is 1.77. The van der Waals surface area contributed by atoms with Crippen LogP contribution in [0.1, 0.15) is 26.2 Å². The van der Waals surface area contributed by atoms with E-state index in [1.54, 1.807) is 6.20 Å². The zero-order valence-corrected chi connectivity index (χ0v) is 18.0. The van der Waals surface area contributed by atoms with Crippen LogP contribution in [0.2, 0.25) is 10.0 Å². The van der Waals surface area contributed by atoms with Crippen LogP contribution in [0, 0.1) is 0 Å². The maximum Gasteiger partial charge on any atom is 0.232 e. The van der Waals surface area contributed by atoms with Gasteiger partial charge in [-0.1, -0.05) is 67.2 Å². The average molecular weight is 430 g/mol. The van der Waals surface area contributed by atoms with Gasteiger partial charge in [-0.25, -0.2) is 9.97 Å². The van der Waals surface area contributed by atoms with Gasteiger partial charge in [0.25, 0.3) is 0 Å². The van der Waals surface area contributed by atoms with Crippen molar-refractivity contribution in [2.75, 3.05) is 19.7 Å². The molecule has 0 saturated heterocycles. The first-order valence-electron chi connectivity index (χ1n) is 9.90. The van der Waals surface area contributed by atoms with E-state index in [1.165, 1.54) is 19.3 Å². The molecule has 0 amide bonds. The third kappa shape index (κ3) is 6.43. The van der Waals surface area contributed by atoms with Gasteiger partial charge < -0.3 is 10.1 Å². The van der Waals surface area contributed by atoms with Gasteiger partial charge in [-0.05, 0) is 37.2 Å². The fourth-order valence-electron chi connectivity index (χ4n) is 2.92. The van der Waals surface area contributed by atoms with Crippen LogP contribution in [0.3, 0.4) is 0 Å². The molecule has 0 aliphatic rings. The van der Waals surface area contributed by atoms with E-state index in [9.17, 15) is 0 Å². The molecule has 0 aliphatic carbocycles. The standard InChI is InChI=1S/C23H25Cl2N3O/c1-2-3-4-13-26-14-15-29-21-16-27-22(17-5-9-19(24)10-6-17)23(28-21)18-7-11-20(25)12-8-18/h5-12,16,26H,2-4,13-15H2,1H3. The minimum Gasteiger partial charge on any atom is -0.475 e. The van der Waals surface area contributed by atoms with Crippen molar-refractivity contribution in [2.45, 2.75) is 26.2 Å². The summed E-state index contributed by atoms with van der Waals surface area (Å²) in [4.78, 5) is 9.36. The van der Waals surface area contributed by atoms with Crippen LogP contribution in [-0.2, 0) is 0 Å². The summed E-state index contributed by atoms with van der Waals surface area (Å²) in [6.45, 7) is 4.53. The van der Waals surface area contributed by atoms with Crippen molar-refractivity contribution < 1.29 is 4.74 Å².